The monoisotopic (exact) mass is 201 g/mol. The van der Waals surface area contributed by atoms with E-state index in [1.54, 1.807) is 6.92 Å². The predicted molar refractivity (Wildman–Crippen MR) is 53.1 cm³/mol. The van der Waals surface area contributed by atoms with Crippen molar-refractivity contribution in [1.29, 1.82) is 0 Å². The van der Waals surface area contributed by atoms with Crippen LogP contribution in [-0.4, -0.2) is 37.9 Å². The number of carbonyl (C=O) groups excluding carboxylic acids is 1. The van der Waals surface area contributed by atoms with Crippen molar-refractivity contribution in [3.63, 3.8) is 0 Å². The largest absolute Gasteiger partial charge is 0.379 e. The molecule has 82 valence electrons. The number of hydrogen-bond donors (Lipinski definition) is 1. The van der Waals surface area contributed by atoms with Gasteiger partial charge in [-0.1, -0.05) is 0 Å². The van der Waals surface area contributed by atoms with Gasteiger partial charge >= 0.3 is 0 Å². The van der Waals surface area contributed by atoms with Gasteiger partial charge in [0, 0.05) is 13.7 Å². The third-order valence-electron chi connectivity index (χ3n) is 2.59. The Hall–Kier alpha value is -0.610. The van der Waals surface area contributed by atoms with Crippen molar-refractivity contribution in [3.05, 3.63) is 0 Å². The Morgan fingerprint density at radius 3 is 2.86 bits per heavy atom. The number of methoxy groups -OCH3 is 1. The van der Waals surface area contributed by atoms with E-state index >= 15 is 0 Å². The second-order valence-electron chi connectivity index (χ2n) is 4.08. The molecule has 1 saturated heterocycles. The lowest BCUT2D eigenvalue weighted by Crippen LogP contribution is -2.54. The minimum atomic E-state index is -0.395. The first kappa shape index (κ1) is 11.5. The van der Waals surface area contributed by atoms with E-state index in [9.17, 15) is 4.79 Å². The van der Waals surface area contributed by atoms with E-state index in [1.165, 1.54) is 7.11 Å². The van der Waals surface area contributed by atoms with Crippen LogP contribution >= 0.6 is 0 Å². The fraction of sp³-hybridized carbons (Fsp3) is 0.900. The fourth-order valence-corrected chi connectivity index (χ4v) is 1.54. The number of carbonyl (C=O) groups is 1. The average molecular weight is 201 g/mol. The summed E-state index contributed by atoms with van der Waals surface area (Å²) in [5.41, 5.74) is -0.220. The normalized spacial score (nSPS) is 29.6. The van der Waals surface area contributed by atoms with Crippen molar-refractivity contribution in [2.24, 2.45) is 0 Å². The van der Waals surface area contributed by atoms with Crippen molar-refractivity contribution in [2.75, 3.05) is 20.3 Å². The zero-order valence-corrected chi connectivity index (χ0v) is 9.13. The average Bonchev–Trinajstić information content (AvgIpc) is 2.17. The van der Waals surface area contributed by atoms with Crippen LogP contribution in [-0.2, 0) is 14.3 Å². The van der Waals surface area contributed by atoms with E-state index in [2.05, 4.69) is 5.32 Å². The van der Waals surface area contributed by atoms with Crippen LogP contribution in [0.3, 0.4) is 0 Å². The Balaban J connectivity index is 2.44. The molecule has 14 heavy (non-hydrogen) atoms. The second kappa shape index (κ2) is 4.75. The lowest BCUT2D eigenvalue weighted by molar-refractivity contribution is -0.133. The molecule has 0 aromatic carbocycles. The summed E-state index contributed by atoms with van der Waals surface area (Å²) < 4.78 is 10.3. The zero-order chi connectivity index (χ0) is 10.6. The first-order chi connectivity index (χ1) is 6.57. The second-order valence-corrected chi connectivity index (χ2v) is 4.08. The van der Waals surface area contributed by atoms with Crippen molar-refractivity contribution in [3.8, 4) is 0 Å². The van der Waals surface area contributed by atoms with Crippen molar-refractivity contribution >= 4 is 5.91 Å². The van der Waals surface area contributed by atoms with Crippen LogP contribution in [0.4, 0.5) is 0 Å². The molecule has 1 N–H and O–H groups in total. The molecule has 2 atom stereocenters. The molecule has 2 unspecified atom stereocenters. The lowest BCUT2D eigenvalue weighted by Gasteiger charge is -2.34. The molecule has 4 nitrogen and oxygen atoms in total. The molecular formula is C10H19NO3. The highest BCUT2D eigenvalue weighted by Gasteiger charge is 2.30. The minimum absolute atomic E-state index is 0.0690. The van der Waals surface area contributed by atoms with Crippen LogP contribution in [0, 0.1) is 0 Å². The molecule has 0 aromatic heterocycles. The summed E-state index contributed by atoms with van der Waals surface area (Å²) in [5, 5.41) is 2.96. The summed E-state index contributed by atoms with van der Waals surface area (Å²) in [6, 6.07) is 0. The Bertz CT molecular complexity index is 200. The molecule has 0 bridgehead atoms. The standard InChI is InChI=1S/C10H19NO3/c1-8(13-3)9(12)11-10(2)5-4-6-14-7-10/h8H,4-7H2,1-3H3,(H,11,12). The van der Waals surface area contributed by atoms with Crippen molar-refractivity contribution < 1.29 is 14.3 Å². The van der Waals surface area contributed by atoms with Gasteiger partial charge in [-0.25, -0.2) is 0 Å². The quantitative estimate of drug-likeness (QED) is 0.731. The minimum Gasteiger partial charge on any atom is -0.379 e. The van der Waals surface area contributed by atoms with Crippen LogP contribution in [0.5, 0.6) is 0 Å². The van der Waals surface area contributed by atoms with Crippen LogP contribution < -0.4 is 5.32 Å². The molecule has 1 amide bonds. The molecular weight excluding hydrogens is 182 g/mol. The van der Waals surface area contributed by atoms with Gasteiger partial charge in [-0.2, -0.15) is 0 Å². The highest BCUT2D eigenvalue weighted by Crippen LogP contribution is 2.18. The highest BCUT2D eigenvalue weighted by molar-refractivity contribution is 5.81. The van der Waals surface area contributed by atoms with E-state index in [1.807, 2.05) is 6.92 Å². The van der Waals surface area contributed by atoms with E-state index in [4.69, 9.17) is 9.47 Å². The number of nitrogens with one attached hydrogen (secondary N) is 1. The van der Waals surface area contributed by atoms with Crippen LogP contribution in [0.2, 0.25) is 0 Å². The maximum atomic E-state index is 11.6. The maximum Gasteiger partial charge on any atom is 0.249 e. The molecule has 1 rings (SSSR count). The Kier molecular flexibility index (Phi) is 3.89. The van der Waals surface area contributed by atoms with Crippen LogP contribution in [0.1, 0.15) is 26.7 Å². The summed E-state index contributed by atoms with van der Waals surface area (Å²) in [7, 11) is 1.53. The lowest BCUT2D eigenvalue weighted by atomic mass is 9.94. The summed E-state index contributed by atoms with van der Waals surface area (Å²) in [4.78, 5) is 11.6. The van der Waals surface area contributed by atoms with Gasteiger partial charge in [0.05, 0.1) is 12.1 Å². The summed E-state index contributed by atoms with van der Waals surface area (Å²) in [5.74, 6) is -0.0690. The molecule has 0 aliphatic carbocycles. The van der Waals surface area contributed by atoms with Gasteiger partial charge in [-0.3, -0.25) is 4.79 Å². The number of ether oxygens (including phenoxy) is 2. The molecule has 4 heteroatoms. The molecule has 0 saturated carbocycles. The Morgan fingerprint density at radius 2 is 2.36 bits per heavy atom. The van der Waals surface area contributed by atoms with Crippen LogP contribution in [0.25, 0.3) is 0 Å². The molecule has 1 fully saturated rings. The first-order valence-electron chi connectivity index (χ1n) is 5.00. The topological polar surface area (TPSA) is 47.6 Å². The molecule has 0 radical (unpaired) electrons. The van der Waals surface area contributed by atoms with Crippen molar-refractivity contribution in [1.82, 2.24) is 5.32 Å². The van der Waals surface area contributed by atoms with Gasteiger partial charge in [0.2, 0.25) is 5.91 Å². The number of amides is 1. The van der Waals surface area contributed by atoms with Crippen molar-refractivity contribution in [2.45, 2.75) is 38.3 Å². The van der Waals surface area contributed by atoms with E-state index < -0.39 is 6.10 Å². The molecule has 0 spiro atoms. The molecule has 1 heterocycles. The van der Waals surface area contributed by atoms with Gasteiger partial charge < -0.3 is 14.8 Å². The predicted octanol–water partition coefficient (Wildman–Crippen LogP) is 0.707. The summed E-state index contributed by atoms with van der Waals surface area (Å²) >= 11 is 0. The maximum absolute atomic E-state index is 11.6. The SMILES string of the molecule is COC(C)C(=O)NC1(C)CCCOC1. The smallest absolute Gasteiger partial charge is 0.249 e. The molecule has 1 aliphatic rings. The van der Waals surface area contributed by atoms with E-state index in [0.29, 0.717) is 6.61 Å². The number of rotatable bonds is 3. The van der Waals surface area contributed by atoms with Gasteiger partial charge in [-0.05, 0) is 26.7 Å². The van der Waals surface area contributed by atoms with Gasteiger partial charge in [0.15, 0.2) is 0 Å². The zero-order valence-electron chi connectivity index (χ0n) is 9.13. The third-order valence-corrected chi connectivity index (χ3v) is 2.59. The van der Waals surface area contributed by atoms with E-state index in [-0.39, 0.29) is 11.4 Å². The van der Waals surface area contributed by atoms with E-state index in [0.717, 1.165) is 19.4 Å². The third kappa shape index (κ3) is 2.96. The summed E-state index contributed by atoms with van der Waals surface area (Å²) in [6.45, 7) is 5.13. The summed E-state index contributed by atoms with van der Waals surface area (Å²) in [6.07, 6.45) is 1.57. The van der Waals surface area contributed by atoms with Gasteiger partial charge in [-0.15, -0.1) is 0 Å². The molecule has 1 aliphatic heterocycles. The Morgan fingerprint density at radius 1 is 1.64 bits per heavy atom. The first-order valence-corrected chi connectivity index (χ1v) is 5.00. The van der Waals surface area contributed by atoms with Gasteiger partial charge in [0.1, 0.15) is 6.10 Å². The molecule has 0 aromatic rings. The Labute approximate surface area is 85.0 Å². The van der Waals surface area contributed by atoms with Gasteiger partial charge in [0.25, 0.3) is 0 Å². The van der Waals surface area contributed by atoms with Crippen LogP contribution in [0.15, 0.2) is 0 Å². The highest BCUT2D eigenvalue weighted by atomic mass is 16.5. The number of hydrogen-bond acceptors (Lipinski definition) is 3. The fourth-order valence-electron chi connectivity index (χ4n) is 1.54.